The molecule has 0 atom stereocenters. The van der Waals surface area contributed by atoms with Crippen LogP contribution in [0.25, 0.3) is 0 Å². The van der Waals surface area contributed by atoms with Crippen molar-refractivity contribution in [1.29, 1.82) is 0 Å². The second kappa shape index (κ2) is 5.84. The van der Waals surface area contributed by atoms with Crippen LogP contribution in [0.5, 0.6) is 0 Å². The maximum atomic E-state index is 13.6. The van der Waals surface area contributed by atoms with Crippen molar-refractivity contribution in [1.82, 2.24) is 5.32 Å². The van der Waals surface area contributed by atoms with E-state index in [9.17, 15) is 14.0 Å². The van der Waals surface area contributed by atoms with E-state index in [-0.39, 0.29) is 30.6 Å². The van der Waals surface area contributed by atoms with Gasteiger partial charge in [-0.25, -0.2) is 4.39 Å². The molecule has 4 nitrogen and oxygen atoms in total. The molecule has 0 aromatic heterocycles. The lowest BCUT2D eigenvalue weighted by molar-refractivity contribution is -0.130. The fourth-order valence-electron chi connectivity index (χ4n) is 2.80. The first kappa shape index (κ1) is 15.5. The van der Waals surface area contributed by atoms with Crippen LogP contribution in [0.15, 0.2) is 18.2 Å². The summed E-state index contributed by atoms with van der Waals surface area (Å²) in [5, 5.41) is 2.85. The Morgan fingerprint density at radius 2 is 1.90 bits per heavy atom. The van der Waals surface area contributed by atoms with Crippen LogP contribution in [-0.2, 0) is 9.59 Å². The molecule has 5 heteroatoms. The summed E-state index contributed by atoms with van der Waals surface area (Å²) < 4.78 is 13.6. The van der Waals surface area contributed by atoms with Crippen LogP contribution in [0, 0.1) is 12.7 Å². The van der Waals surface area contributed by atoms with E-state index in [2.05, 4.69) is 5.32 Å². The van der Waals surface area contributed by atoms with Gasteiger partial charge in [-0.05, 0) is 43.5 Å². The number of aryl methyl sites for hydroxylation is 1. The van der Waals surface area contributed by atoms with Crippen molar-refractivity contribution in [2.75, 3.05) is 11.4 Å². The van der Waals surface area contributed by atoms with Crippen molar-refractivity contribution in [3.8, 4) is 0 Å². The summed E-state index contributed by atoms with van der Waals surface area (Å²) >= 11 is 0. The standard InChI is InChI=1S/C16H21FN2O2/c1-4-16(5-2)15(21)19(7-6-14(20)18-16)13-9-11(3)8-12(17)10-13/h8-10H,4-7H2,1-3H3,(H,18,20). The molecule has 0 bridgehead atoms. The first-order valence-corrected chi connectivity index (χ1v) is 7.32. The maximum absolute atomic E-state index is 13.6. The van der Waals surface area contributed by atoms with Gasteiger partial charge in [0.25, 0.3) is 5.91 Å². The average molecular weight is 292 g/mol. The zero-order valence-electron chi connectivity index (χ0n) is 12.7. The lowest BCUT2D eigenvalue weighted by Crippen LogP contribution is -2.56. The van der Waals surface area contributed by atoms with Gasteiger partial charge in [-0.1, -0.05) is 13.8 Å². The van der Waals surface area contributed by atoms with E-state index in [0.717, 1.165) is 5.56 Å². The van der Waals surface area contributed by atoms with Gasteiger partial charge in [-0.3, -0.25) is 9.59 Å². The highest BCUT2D eigenvalue weighted by Crippen LogP contribution is 2.27. The van der Waals surface area contributed by atoms with E-state index in [1.165, 1.54) is 17.0 Å². The SMILES string of the molecule is CCC1(CC)NC(=O)CCN(c2cc(C)cc(F)c2)C1=O. The number of hydrogen-bond acceptors (Lipinski definition) is 2. The Bertz CT molecular complexity index is 547. The van der Waals surface area contributed by atoms with Gasteiger partial charge in [-0.2, -0.15) is 0 Å². The molecule has 1 aliphatic heterocycles. The van der Waals surface area contributed by atoms with Crippen molar-refractivity contribution in [2.24, 2.45) is 0 Å². The lowest BCUT2D eigenvalue weighted by Gasteiger charge is -2.33. The van der Waals surface area contributed by atoms with Crippen LogP contribution in [0.1, 0.15) is 38.7 Å². The Balaban J connectivity index is 2.46. The summed E-state index contributed by atoms with van der Waals surface area (Å²) in [6.07, 6.45) is 1.25. The van der Waals surface area contributed by atoms with Crippen LogP contribution in [0.3, 0.4) is 0 Å². The fourth-order valence-corrected chi connectivity index (χ4v) is 2.80. The molecule has 1 aliphatic rings. The number of anilines is 1. The Labute approximate surface area is 124 Å². The maximum Gasteiger partial charge on any atom is 0.252 e. The monoisotopic (exact) mass is 292 g/mol. The van der Waals surface area contributed by atoms with E-state index in [1.54, 1.807) is 13.0 Å². The van der Waals surface area contributed by atoms with E-state index in [4.69, 9.17) is 0 Å². The Morgan fingerprint density at radius 1 is 1.24 bits per heavy atom. The third-order valence-electron chi connectivity index (χ3n) is 4.14. The van der Waals surface area contributed by atoms with Gasteiger partial charge in [0.2, 0.25) is 5.91 Å². The molecule has 1 fully saturated rings. The molecule has 1 saturated heterocycles. The molecule has 2 amide bonds. The number of rotatable bonds is 3. The van der Waals surface area contributed by atoms with E-state index in [0.29, 0.717) is 18.5 Å². The summed E-state index contributed by atoms with van der Waals surface area (Å²) in [5.74, 6) is -0.675. The van der Waals surface area contributed by atoms with E-state index >= 15 is 0 Å². The summed E-state index contributed by atoms with van der Waals surface area (Å²) in [6.45, 7) is 5.81. The van der Waals surface area contributed by atoms with Crippen LogP contribution in [0.2, 0.25) is 0 Å². The first-order chi connectivity index (χ1) is 9.91. The summed E-state index contributed by atoms with van der Waals surface area (Å²) in [6, 6.07) is 4.53. The van der Waals surface area contributed by atoms with Gasteiger partial charge in [-0.15, -0.1) is 0 Å². The Kier molecular flexibility index (Phi) is 4.30. The number of carbonyl (C=O) groups is 2. The van der Waals surface area contributed by atoms with Crippen molar-refractivity contribution in [3.63, 3.8) is 0 Å². The smallest absolute Gasteiger partial charge is 0.252 e. The van der Waals surface area contributed by atoms with Gasteiger partial charge < -0.3 is 10.2 Å². The number of nitrogens with one attached hydrogen (secondary N) is 1. The van der Waals surface area contributed by atoms with E-state index in [1.807, 2.05) is 13.8 Å². The van der Waals surface area contributed by atoms with Gasteiger partial charge >= 0.3 is 0 Å². The van der Waals surface area contributed by atoms with Gasteiger partial charge in [0, 0.05) is 18.7 Å². The number of nitrogens with zero attached hydrogens (tertiary/aromatic N) is 1. The second-order valence-corrected chi connectivity index (χ2v) is 5.53. The quantitative estimate of drug-likeness (QED) is 0.930. The highest BCUT2D eigenvalue weighted by Gasteiger charge is 2.42. The molecule has 2 rings (SSSR count). The second-order valence-electron chi connectivity index (χ2n) is 5.53. The molecule has 0 unspecified atom stereocenters. The molecule has 1 heterocycles. The predicted molar refractivity (Wildman–Crippen MR) is 79.6 cm³/mol. The Morgan fingerprint density at radius 3 is 2.48 bits per heavy atom. The minimum atomic E-state index is -0.895. The van der Waals surface area contributed by atoms with Crippen LogP contribution >= 0.6 is 0 Å². The van der Waals surface area contributed by atoms with Crippen molar-refractivity contribution in [2.45, 2.75) is 45.6 Å². The number of hydrogen-bond donors (Lipinski definition) is 1. The van der Waals surface area contributed by atoms with Crippen LogP contribution in [0.4, 0.5) is 10.1 Å². The summed E-state index contributed by atoms with van der Waals surface area (Å²) in [7, 11) is 0. The molecule has 1 N–H and O–H groups in total. The van der Waals surface area contributed by atoms with Crippen LogP contribution < -0.4 is 10.2 Å². The van der Waals surface area contributed by atoms with E-state index < -0.39 is 5.54 Å². The molecule has 1 aromatic carbocycles. The highest BCUT2D eigenvalue weighted by atomic mass is 19.1. The third kappa shape index (κ3) is 2.91. The topological polar surface area (TPSA) is 49.4 Å². The third-order valence-corrected chi connectivity index (χ3v) is 4.14. The number of amides is 2. The van der Waals surface area contributed by atoms with Gasteiger partial charge in [0.1, 0.15) is 11.4 Å². The highest BCUT2D eigenvalue weighted by molar-refractivity contribution is 6.04. The summed E-state index contributed by atoms with van der Waals surface area (Å²) in [5.41, 5.74) is 0.369. The molecule has 0 radical (unpaired) electrons. The molecular formula is C16H21FN2O2. The fraction of sp³-hybridized carbons (Fsp3) is 0.500. The minimum absolute atomic E-state index is 0.136. The van der Waals surface area contributed by atoms with Crippen molar-refractivity contribution < 1.29 is 14.0 Å². The molecule has 0 aliphatic carbocycles. The van der Waals surface area contributed by atoms with Gasteiger partial charge in [0.05, 0.1) is 0 Å². The predicted octanol–water partition coefficient (Wildman–Crippen LogP) is 2.55. The molecule has 114 valence electrons. The van der Waals surface area contributed by atoms with Crippen molar-refractivity contribution >= 4 is 17.5 Å². The minimum Gasteiger partial charge on any atom is -0.342 e. The largest absolute Gasteiger partial charge is 0.342 e. The molecule has 1 aromatic rings. The molecular weight excluding hydrogens is 271 g/mol. The average Bonchev–Trinajstić information content (AvgIpc) is 2.55. The number of benzene rings is 1. The zero-order chi connectivity index (χ0) is 15.6. The first-order valence-electron chi connectivity index (χ1n) is 7.32. The number of halogens is 1. The normalized spacial score (nSPS) is 18.4. The van der Waals surface area contributed by atoms with Gasteiger partial charge in [0.15, 0.2) is 0 Å². The van der Waals surface area contributed by atoms with Crippen LogP contribution in [-0.4, -0.2) is 23.9 Å². The molecule has 0 saturated carbocycles. The Hall–Kier alpha value is -1.91. The summed E-state index contributed by atoms with van der Waals surface area (Å²) in [4.78, 5) is 26.3. The number of carbonyl (C=O) groups excluding carboxylic acids is 2. The van der Waals surface area contributed by atoms with Crippen molar-refractivity contribution in [3.05, 3.63) is 29.6 Å². The zero-order valence-corrected chi connectivity index (χ0v) is 12.7. The molecule has 21 heavy (non-hydrogen) atoms. The molecule has 0 spiro atoms. The lowest BCUT2D eigenvalue weighted by atomic mass is 9.91.